The summed E-state index contributed by atoms with van der Waals surface area (Å²) in [4.78, 5) is 22.2. The van der Waals surface area contributed by atoms with Crippen molar-refractivity contribution in [2.75, 3.05) is 12.4 Å². The smallest absolute Gasteiger partial charge is 0.307 e. The van der Waals surface area contributed by atoms with Crippen LogP contribution in [0.4, 0.5) is 10.1 Å². The number of methoxy groups -OCH3 is 1. The number of anilines is 1. The Bertz CT molecular complexity index is 503. The quantitative estimate of drug-likeness (QED) is 0.852. The Morgan fingerprint density at radius 2 is 2.17 bits per heavy atom. The first-order chi connectivity index (χ1) is 8.52. The number of carbonyl (C=O) groups excluding carboxylic acids is 1. The molecule has 0 bridgehead atoms. The summed E-state index contributed by atoms with van der Waals surface area (Å²) in [6.45, 7) is 0. The number of amides is 1. The lowest BCUT2D eigenvalue weighted by Crippen LogP contribution is -2.16. The van der Waals surface area contributed by atoms with Gasteiger partial charge in [0.15, 0.2) is 11.6 Å². The molecule has 1 amide bonds. The molecule has 5 nitrogen and oxygen atoms in total. The second-order valence-corrected chi connectivity index (χ2v) is 4.13. The summed E-state index contributed by atoms with van der Waals surface area (Å²) in [6.07, 6.45) is 0.333. The van der Waals surface area contributed by atoms with Gasteiger partial charge in [0.05, 0.1) is 18.9 Å². The molecule has 0 radical (unpaired) electrons. The number of carboxylic acids is 1. The molecule has 0 aliphatic heterocycles. The Morgan fingerprint density at radius 1 is 1.44 bits per heavy atom. The van der Waals surface area contributed by atoms with Gasteiger partial charge in [-0.2, -0.15) is 0 Å². The summed E-state index contributed by atoms with van der Waals surface area (Å²) >= 11 is 0. The second-order valence-electron chi connectivity index (χ2n) is 4.13. The zero-order valence-corrected chi connectivity index (χ0v) is 9.64. The van der Waals surface area contributed by atoms with Crippen LogP contribution in [-0.2, 0) is 9.59 Å². The van der Waals surface area contributed by atoms with Crippen LogP contribution in [-0.4, -0.2) is 24.1 Å². The molecule has 1 aromatic rings. The van der Waals surface area contributed by atoms with Gasteiger partial charge in [-0.15, -0.1) is 0 Å². The Hall–Kier alpha value is -2.11. The Balaban J connectivity index is 2.00. The molecule has 1 saturated carbocycles. The van der Waals surface area contributed by atoms with Gasteiger partial charge < -0.3 is 15.2 Å². The van der Waals surface area contributed by atoms with Crippen LogP contribution in [0.2, 0.25) is 0 Å². The van der Waals surface area contributed by atoms with Crippen LogP contribution in [0.5, 0.6) is 5.75 Å². The molecule has 0 aromatic heterocycles. The van der Waals surface area contributed by atoms with Crippen molar-refractivity contribution in [2.45, 2.75) is 6.42 Å². The van der Waals surface area contributed by atoms with E-state index in [0.717, 1.165) is 6.07 Å². The van der Waals surface area contributed by atoms with E-state index in [2.05, 4.69) is 5.32 Å². The van der Waals surface area contributed by atoms with E-state index in [1.54, 1.807) is 0 Å². The minimum absolute atomic E-state index is 0.0860. The molecule has 18 heavy (non-hydrogen) atoms. The topological polar surface area (TPSA) is 75.6 Å². The predicted octanol–water partition coefficient (Wildman–Crippen LogP) is 1.49. The maximum absolute atomic E-state index is 13.4. The summed E-state index contributed by atoms with van der Waals surface area (Å²) in [7, 11) is 1.35. The number of carbonyl (C=O) groups is 2. The second kappa shape index (κ2) is 4.64. The lowest BCUT2D eigenvalue weighted by atomic mass is 10.2. The molecule has 2 rings (SSSR count). The van der Waals surface area contributed by atoms with E-state index < -0.39 is 29.5 Å². The normalized spacial score (nSPS) is 21.2. The maximum Gasteiger partial charge on any atom is 0.307 e. The van der Waals surface area contributed by atoms with Crippen LogP contribution in [0, 0.1) is 17.7 Å². The monoisotopic (exact) mass is 253 g/mol. The highest BCUT2D eigenvalue weighted by atomic mass is 19.1. The number of carboxylic acid groups (broad SMARTS) is 1. The minimum atomic E-state index is -0.976. The van der Waals surface area contributed by atoms with Gasteiger partial charge in [-0.05, 0) is 18.6 Å². The van der Waals surface area contributed by atoms with Crippen LogP contribution in [0.15, 0.2) is 18.2 Å². The Morgan fingerprint density at radius 3 is 2.67 bits per heavy atom. The van der Waals surface area contributed by atoms with E-state index in [4.69, 9.17) is 9.84 Å². The van der Waals surface area contributed by atoms with Crippen LogP contribution in [0.1, 0.15) is 6.42 Å². The van der Waals surface area contributed by atoms with Crippen molar-refractivity contribution >= 4 is 17.6 Å². The number of nitrogens with one attached hydrogen (secondary N) is 1. The SMILES string of the molecule is COc1ccc(NC(=O)[C@@H]2C[C@@H]2C(=O)O)cc1F. The molecule has 2 atom stereocenters. The molecule has 1 aliphatic rings. The van der Waals surface area contributed by atoms with Crippen LogP contribution in [0.25, 0.3) is 0 Å². The van der Waals surface area contributed by atoms with Gasteiger partial charge in [0.2, 0.25) is 5.91 Å². The third-order valence-corrected chi connectivity index (χ3v) is 2.86. The molecule has 6 heteroatoms. The largest absolute Gasteiger partial charge is 0.494 e. The number of ether oxygens (including phenoxy) is 1. The van der Waals surface area contributed by atoms with Gasteiger partial charge in [-0.25, -0.2) is 4.39 Å². The van der Waals surface area contributed by atoms with Crippen molar-refractivity contribution in [3.63, 3.8) is 0 Å². The van der Waals surface area contributed by atoms with E-state index in [1.807, 2.05) is 0 Å². The fourth-order valence-electron chi connectivity index (χ4n) is 1.74. The van der Waals surface area contributed by atoms with Crippen molar-refractivity contribution in [1.82, 2.24) is 0 Å². The third kappa shape index (κ3) is 2.42. The molecule has 0 heterocycles. The van der Waals surface area contributed by atoms with E-state index in [1.165, 1.54) is 19.2 Å². The summed E-state index contributed by atoms with van der Waals surface area (Å²) in [6, 6.07) is 4.03. The Labute approximate surface area is 103 Å². The lowest BCUT2D eigenvalue weighted by Gasteiger charge is -2.06. The van der Waals surface area contributed by atoms with Crippen molar-refractivity contribution in [3.05, 3.63) is 24.0 Å². The molecule has 0 spiro atoms. The van der Waals surface area contributed by atoms with E-state index in [9.17, 15) is 14.0 Å². The average molecular weight is 253 g/mol. The number of aliphatic carboxylic acids is 1. The molecule has 96 valence electrons. The van der Waals surface area contributed by atoms with Gasteiger partial charge in [0.25, 0.3) is 0 Å². The van der Waals surface area contributed by atoms with Gasteiger partial charge in [0, 0.05) is 11.8 Å². The zero-order chi connectivity index (χ0) is 13.3. The maximum atomic E-state index is 13.4. The minimum Gasteiger partial charge on any atom is -0.494 e. The highest BCUT2D eigenvalue weighted by Gasteiger charge is 2.48. The zero-order valence-electron chi connectivity index (χ0n) is 9.64. The number of halogens is 1. The summed E-state index contributed by atoms with van der Waals surface area (Å²) in [5.41, 5.74) is 0.286. The van der Waals surface area contributed by atoms with E-state index >= 15 is 0 Å². The first-order valence-corrected chi connectivity index (χ1v) is 5.40. The molecule has 0 saturated heterocycles. The molecular formula is C12H12FNO4. The molecule has 1 fully saturated rings. The van der Waals surface area contributed by atoms with Crippen LogP contribution >= 0.6 is 0 Å². The lowest BCUT2D eigenvalue weighted by molar-refractivity contribution is -0.139. The first-order valence-electron chi connectivity index (χ1n) is 5.40. The molecular weight excluding hydrogens is 241 g/mol. The molecule has 0 unspecified atom stereocenters. The van der Waals surface area contributed by atoms with Crippen molar-refractivity contribution in [2.24, 2.45) is 11.8 Å². The highest BCUT2D eigenvalue weighted by molar-refractivity contribution is 5.98. The van der Waals surface area contributed by atoms with Crippen LogP contribution in [0.3, 0.4) is 0 Å². The van der Waals surface area contributed by atoms with Gasteiger partial charge in [0.1, 0.15) is 0 Å². The van der Waals surface area contributed by atoms with Crippen molar-refractivity contribution in [1.29, 1.82) is 0 Å². The number of rotatable bonds is 4. The van der Waals surface area contributed by atoms with E-state index in [-0.39, 0.29) is 11.4 Å². The molecule has 1 aromatic carbocycles. The van der Waals surface area contributed by atoms with E-state index in [0.29, 0.717) is 6.42 Å². The predicted molar refractivity (Wildman–Crippen MR) is 60.8 cm³/mol. The van der Waals surface area contributed by atoms with Gasteiger partial charge in [-0.1, -0.05) is 0 Å². The molecule has 1 aliphatic carbocycles. The fraction of sp³-hybridized carbons (Fsp3) is 0.333. The average Bonchev–Trinajstić information content (AvgIpc) is 3.09. The highest BCUT2D eigenvalue weighted by Crippen LogP contribution is 2.39. The standard InChI is InChI=1S/C12H12FNO4/c1-18-10-3-2-6(4-9(10)13)14-11(15)7-5-8(7)12(16)17/h2-4,7-8H,5H2,1H3,(H,14,15)(H,16,17)/t7-,8+/m1/s1. The molecule has 2 N–H and O–H groups in total. The number of benzene rings is 1. The Kier molecular flexibility index (Phi) is 3.18. The van der Waals surface area contributed by atoms with Crippen molar-refractivity contribution < 1.29 is 23.8 Å². The summed E-state index contributed by atoms with van der Waals surface area (Å²) in [5.74, 6) is -3.01. The fourth-order valence-corrected chi connectivity index (χ4v) is 1.74. The van der Waals surface area contributed by atoms with Gasteiger partial charge >= 0.3 is 5.97 Å². The van der Waals surface area contributed by atoms with Crippen molar-refractivity contribution in [3.8, 4) is 5.75 Å². The summed E-state index contributed by atoms with van der Waals surface area (Å²) < 4.78 is 18.1. The first kappa shape index (κ1) is 12.3. The number of hydrogen-bond acceptors (Lipinski definition) is 3. The summed E-state index contributed by atoms with van der Waals surface area (Å²) in [5, 5.41) is 11.2. The van der Waals surface area contributed by atoms with Gasteiger partial charge in [-0.3, -0.25) is 9.59 Å². The number of hydrogen-bond donors (Lipinski definition) is 2. The third-order valence-electron chi connectivity index (χ3n) is 2.86. The van der Waals surface area contributed by atoms with Crippen LogP contribution < -0.4 is 10.1 Å².